The third kappa shape index (κ3) is 6.07. The molecule has 33 heavy (non-hydrogen) atoms. The summed E-state index contributed by atoms with van der Waals surface area (Å²) in [5.41, 5.74) is 2.48. The largest absolute Gasteiger partial charge is 0.490 e. The maximum Gasteiger partial charge on any atom is 0.139 e. The summed E-state index contributed by atoms with van der Waals surface area (Å²) in [5.74, 6) is 3.30. The smallest absolute Gasteiger partial charge is 0.139 e. The van der Waals surface area contributed by atoms with E-state index in [9.17, 15) is 0 Å². The van der Waals surface area contributed by atoms with Crippen LogP contribution in [0.3, 0.4) is 0 Å². The lowest BCUT2D eigenvalue weighted by Gasteiger charge is -2.46. The lowest BCUT2D eigenvalue weighted by Crippen LogP contribution is -2.45. The molecule has 5 heteroatoms. The lowest BCUT2D eigenvalue weighted by atomic mass is 9.68. The Labute approximate surface area is 198 Å². The van der Waals surface area contributed by atoms with Crippen LogP contribution in [0.2, 0.25) is 0 Å². The van der Waals surface area contributed by atoms with Crippen LogP contribution in [0, 0.1) is 17.8 Å². The van der Waals surface area contributed by atoms with E-state index in [0.29, 0.717) is 6.04 Å². The van der Waals surface area contributed by atoms with Crippen molar-refractivity contribution in [2.45, 2.75) is 57.6 Å². The lowest BCUT2D eigenvalue weighted by molar-refractivity contribution is 0.0656. The van der Waals surface area contributed by atoms with Crippen molar-refractivity contribution < 1.29 is 9.47 Å². The highest BCUT2D eigenvalue weighted by molar-refractivity contribution is 5.48. The number of aromatic nitrogens is 1. The van der Waals surface area contributed by atoms with Gasteiger partial charge < -0.3 is 19.7 Å². The molecule has 178 valence electrons. The van der Waals surface area contributed by atoms with E-state index in [2.05, 4.69) is 51.6 Å². The first-order chi connectivity index (χ1) is 16.3. The summed E-state index contributed by atoms with van der Waals surface area (Å²) in [6.07, 6.45) is 12.9. The summed E-state index contributed by atoms with van der Waals surface area (Å²) in [6.45, 7) is 5.71. The summed E-state index contributed by atoms with van der Waals surface area (Å²) in [6, 6.07) is 13.2. The van der Waals surface area contributed by atoms with E-state index in [1.807, 2.05) is 12.4 Å². The number of anilines is 1. The standard InChI is InChI=1S/C28H39N3O2/c1-2-6-22(7-3-1)20-32-15-12-24-9-4-8-23-11-14-31(19-28(23)24)26-16-27(18-29-17-26)33-21-25-10-5-13-30-25/h1-3,6-7,16-18,23-25,28,30H,4-5,8-15,19-21H2. The molecule has 0 spiro atoms. The Kier molecular flexibility index (Phi) is 7.79. The summed E-state index contributed by atoms with van der Waals surface area (Å²) >= 11 is 0. The fraction of sp³-hybridized carbons (Fsp3) is 0.607. The van der Waals surface area contributed by atoms with Crippen molar-refractivity contribution in [3.8, 4) is 5.75 Å². The summed E-state index contributed by atoms with van der Waals surface area (Å²) in [4.78, 5) is 7.06. The minimum Gasteiger partial charge on any atom is -0.490 e. The van der Waals surface area contributed by atoms with E-state index in [-0.39, 0.29) is 0 Å². The Morgan fingerprint density at radius 2 is 1.97 bits per heavy atom. The van der Waals surface area contributed by atoms with Crippen molar-refractivity contribution in [1.82, 2.24) is 10.3 Å². The molecular formula is C28H39N3O2. The predicted octanol–water partition coefficient (Wildman–Crippen LogP) is 5.06. The normalized spacial score (nSPS) is 27.3. The van der Waals surface area contributed by atoms with E-state index < -0.39 is 0 Å². The monoisotopic (exact) mass is 449 g/mol. The van der Waals surface area contributed by atoms with Crippen molar-refractivity contribution in [2.75, 3.05) is 37.7 Å². The molecule has 2 saturated heterocycles. The maximum absolute atomic E-state index is 6.08. The molecule has 1 N–H and O–H groups in total. The molecule has 1 aromatic carbocycles. The minimum atomic E-state index is 0.483. The SMILES string of the molecule is c1ccc(COCCC2CCCC3CCN(c4cncc(OCC5CCCN5)c4)CC23)cc1. The summed E-state index contributed by atoms with van der Waals surface area (Å²) in [5, 5.41) is 3.50. The zero-order chi connectivity index (χ0) is 22.3. The fourth-order valence-electron chi connectivity index (χ4n) is 6.13. The number of fused-ring (bicyclic) bond motifs is 1. The number of nitrogens with one attached hydrogen (secondary N) is 1. The molecule has 0 bridgehead atoms. The molecular weight excluding hydrogens is 410 g/mol. The first-order valence-corrected chi connectivity index (χ1v) is 13.0. The Hall–Kier alpha value is -2.11. The van der Waals surface area contributed by atoms with Crippen LogP contribution in [-0.2, 0) is 11.3 Å². The van der Waals surface area contributed by atoms with E-state index in [4.69, 9.17) is 9.47 Å². The van der Waals surface area contributed by atoms with Crippen LogP contribution in [0.25, 0.3) is 0 Å². The van der Waals surface area contributed by atoms with Crippen LogP contribution in [-0.4, -0.2) is 43.9 Å². The highest BCUT2D eigenvalue weighted by Crippen LogP contribution is 2.42. The average molecular weight is 450 g/mol. The Bertz CT molecular complexity index is 855. The van der Waals surface area contributed by atoms with Gasteiger partial charge in [-0.1, -0.05) is 49.6 Å². The van der Waals surface area contributed by atoms with Crippen molar-refractivity contribution in [1.29, 1.82) is 0 Å². The zero-order valence-electron chi connectivity index (χ0n) is 19.8. The molecule has 5 nitrogen and oxygen atoms in total. The fourth-order valence-corrected chi connectivity index (χ4v) is 6.13. The average Bonchev–Trinajstić information content (AvgIpc) is 3.40. The number of nitrogens with zero attached hydrogens (tertiary/aromatic N) is 2. The van der Waals surface area contributed by atoms with Crippen molar-refractivity contribution >= 4 is 5.69 Å². The molecule has 1 aromatic heterocycles. The maximum atomic E-state index is 6.08. The van der Waals surface area contributed by atoms with Gasteiger partial charge in [0, 0.05) is 31.8 Å². The Balaban J connectivity index is 1.14. The van der Waals surface area contributed by atoms with E-state index in [1.165, 1.54) is 56.2 Å². The van der Waals surface area contributed by atoms with Gasteiger partial charge in [0.25, 0.3) is 0 Å². The van der Waals surface area contributed by atoms with Gasteiger partial charge in [0.15, 0.2) is 0 Å². The molecule has 2 aromatic rings. The predicted molar refractivity (Wildman–Crippen MR) is 133 cm³/mol. The minimum absolute atomic E-state index is 0.483. The molecule has 4 atom stereocenters. The van der Waals surface area contributed by atoms with Gasteiger partial charge in [0.1, 0.15) is 12.4 Å². The van der Waals surface area contributed by atoms with E-state index in [0.717, 1.165) is 63.0 Å². The van der Waals surface area contributed by atoms with Crippen LogP contribution in [0.1, 0.15) is 50.5 Å². The zero-order valence-corrected chi connectivity index (χ0v) is 19.8. The molecule has 1 saturated carbocycles. The molecule has 3 heterocycles. The third-order valence-corrected chi connectivity index (χ3v) is 7.98. The van der Waals surface area contributed by atoms with Crippen LogP contribution in [0.4, 0.5) is 5.69 Å². The van der Waals surface area contributed by atoms with Crippen LogP contribution in [0.15, 0.2) is 48.8 Å². The second-order valence-electron chi connectivity index (χ2n) is 10.2. The Morgan fingerprint density at radius 3 is 2.85 bits per heavy atom. The van der Waals surface area contributed by atoms with Crippen molar-refractivity contribution in [3.05, 3.63) is 54.4 Å². The van der Waals surface area contributed by atoms with Gasteiger partial charge in [-0.3, -0.25) is 4.98 Å². The first-order valence-electron chi connectivity index (χ1n) is 13.0. The highest BCUT2D eigenvalue weighted by Gasteiger charge is 2.37. The Morgan fingerprint density at radius 1 is 1.03 bits per heavy atom. The number of hydrogen-bond acceptors (Lipinski definition) is 5. The summed E-state index contributed by atoms with van der Waals surface area (Å²) < 4.78 is 12.1. The number of rotatable bonds is 9. The number of pyridine rings is 1. The van der Waals surface area contributed by atoms with Crippen molar-refractivity contribution in [2.24, 2.45) is 17.8 Å². The van der Waals surface area contributed by atoms with Crippen LogP contribution in [0.5, 0.6) is 5.75 Å². The van der Waals surface area contributed by atoms with Crippen LogP contribution < -0.4 is 15.0 Å². The second kappa shape index (κ2) is 11.3. The molecule has 0 amide bonds. The number of ether oxygens (including phenoxy) is 2. The highest BCUT2D eigenvalue weighted by atomic mass is 16.5. The topological polar surface area (TPSA) is 46.6 Å². The molecule has 2 aliphatic heterocycles. The number of benzene rings is 1. The second-order valence-corrected chi connectivity index (χ2v) is 10.2. The van der Waals surface area contributed by atoms with E-state index in [1.54, 1.807) is 0 Å². The molecule has 1 aliphatic carbocycles. The van der Waals surface area contributed by atoms with Gasteiger partial charge in [-0.15, -0.1) is 0 Å². The van der Waals surface area contributed by atoms with Gasteiger partial charge >= 0.3 is 0 Å². The first kappa shape index (κ1) is 22.7. The van der Waals surface area contributed by atoms with Gasteiger partial charge in [-0.2, -0.15) is 0 Å². The number of hydrogen-bond donors (Lipinski definition) is 1. The van der Waals surface area contributed by atoms with Crippen LogP contribution >= 0.6 is 0 Å². The summed E-state index contributed by atoms with van der Waals surface area (Å²) in [7, 11) is 0. The van der Waals surface area contributed by atoms with Gasteiger partial charge in [0.2, 0.25) is 0 Å². The quantitative estimate of drug-likeness (QED) is 0.542. The van der Waals surface area contributed by atoms with Gasteiger partial charge in [-0.25, -0.2) is 0 Å². The molecule has 4 unspecified atom stereocenters. The third-order valence-electron chi connectivity index (χ3n) is 7.98. The molecule has 0 radical (unpaired) electrons. The molecule has 5 rings (SSSR count). The van der Waals surface area contributed by atoms with E-state index >= 15 is 0 Å². The van der Waals surface area contributed by atoms with Gasteiger partial charge in [0.05, 0.1) is 24.7 Å². The number of piperidine rings is 1. The molecule has 3 aliphatic rings. The molecule has 3 fully saturated rings. The van der Waals surface area contributed by atoms with Gasteiger partial charge in [-0.05, 0) is 55.5 Å². The van der Waals surface area contributed by atoms with Crippen molar-refractivity contribution in [3.63, 3.8) is 0 Å².